The van der Waals surface area contributed by atoms with Crippen molar-refractivity contribution in [3.8, 4) is 0 Å². The first kappa shape index (κ1) is 12.7. The van der Waals surface area contributed by atoms with Crippen LogP contribution in [0.2, 0.25) is 5.02 Å². The summed E-state index contributed by atoms with van der Waals surface area (Å²) >= 11 is 6.29. The Kier molecular flexibility index (Phi) is 3.11. The Morgan fingerprint density at radius 3 is 2.95 bits per heavy atom. The second-order valence-corrected chi connectivity index (χ2v) is 5.76. The normalized spacial score (nSPS) is 29.6. The van der Waals surface area contributed by atoms with Crippen molar-refractivity contribution in [2.75, 3.05) is 18.0 Å². The quantitative estimate of drug-likeness (QED) is 0.562. The van der Waals surface area contributed by atoms with E-state index in [9.17, 15) is 5.11 Å². The minimum absolute atomic E-state index is 0.0481. The van der Waals surface area contributed by atoms with Crippen LogP contribution in [-0.4, -0.2) is 35.1 Å². The highest BCUT2D eigenvalue weighted by Gasteiger charge is 2.42. The van der Waals surface area contributed by atoms with Crippen molar-refractivity contribution < 1.29 is 5.11 Å². The number of halogens is 1. The summed E-state index contributed by atoms with van der Waals surface area (Å²) in [6.45, 7) is 1.65. The van der Waals surface area contributed by atoms with E-state index in [1.165, 1.54) is 0 Å². The van der Waals surface area contributed by atoms with Gasteiger partial charge in [0.15, 0.2) is 0 Å². The minimum atomic E-state index is -0.204. The lowest BCUT2D eigenvalue weighted by atomic mass is 10.00. The maximum atomic E-state index is 9.94. The SMILES string of the molecule is N=C(N)c1ccnc(N2CC3CCC(O)C3C2)c1Cl. The summed E-state index contributed by atoms with van der Waals surface area (Å²) < 4.78 is 0. The number of hydrogen-bond donors (Lipinski definition) is 3. The second-order valence-electron chi connectivity index (χ2n) is 5.38. The number of aliphatic hydroxyl groups is 1. The number of aromatic nitrogens is 1. The van der Waals surface area contributed by atoms with E-state index in [-0.39, 0.29) is 11.9 Å². The summed E-state index contributed by atoms with van der Waals surface area (Å²) in [6, 6.07) is 1.65. The second kappa shape index (κ2) is 4.65. The Hall–Kier alpha value is -1.33. The van der Waals surface area contributed by atoms with Crippen LogP contribution in [0.3, 0.4) is 0 Å². The van der Waals surface area contributed by atoms with Crippen molar-refractivity contribution in [2.24, 2.45) is 17.6 Å². The largest absolute Gasteiger partial charge is 0.393 e. The first-order valence-electron chi connectivity index (χ1n) is 6.50. The standard InChI is InChI=1S/C13H17ClN4O/c14-11-8(12(15)16)3-4-17-13(11)18-5-7-1-2-10(19)9(7)6-18/h3-4,7,9-10,19H,1-2,5-6H2,(H3,15,16). The van der Waals surface area contributed by atoms with Crippen LogP contribution in [0.25, 0.3) is 0 Å². The summed E-state index contributed by atoms with van der Waals surface area (Å²) in [4.78, 5) is 6.42. The molecule has 0 bridgehead atoms. The molecule has 1 saturated carbocycles. The minimum Gasteiger partial charge on any atom is -0.393 e. The van der Waals surface area contributed by atoms with E-state index in [0.717, 1.165) is 25.9 Å². The van der Waals surface area contributed by atoms with Crippen molar-refractivity contribution >= 4 is 23.3 Å². The van der Waals surface area contributed by atoms with Crippen molar-refractivity contribution in [1.29, 1.82) is 5.41 Å². The highest BCUT2D eigenvalue weighted by molar-refractivity contribution is 6.36. The number of hydrogen-bond acceptors (Lipinski definition) is 4. The number of anilines is 1. The van der Waals surface area contributed by atoms with Gasteiger partial charge in [0.2, 0.25) is 0 Å². The smallest absolute Gasteiger partial charge is 0.148 e. The van der Waals surface area contributed by atoms with Gasteiger partial charge in [0, 0.05) is 30.8 Å². The fourth-order valence-corrected chi connectivity index (χ4v) is 3.60. The van der Waals surface area contributed by atoms with E-state index < -0.39 is 0 Å². The lowest BCUT2D eigenvalue weighted by molar-refractivity contribution is 0.133. The molecule has 1 aromatic rings. The molecule has 1 aromatic heterocycles. The fraction of sp³-hybridized carbons (Fsp3) is 0.538. The zero-order valence-corrected chi connectivity index (χ0v) is 11.3. The van der Waals surface area contributed by atoms with E-state index in [4.69, 9.17) is 22.7 Å². The molecule has 19 heavy (non-hydrogen) atoms. The molecule has 5 nitrogen and oxygen atoms in total. The summed E-state index contributed by atoms with van der Waals surface area (Å²) in [7, 11) is 0. The first-order valence-corrected chi connectivity index (χ1v) is 6.87. The fourth-order valence-electron chi connectivity index (χ4n) is 3.27. The average Bonchev–Trinajstić information content (AvgIpc) is 2.92. The molecule has 1 aliphatic heterocycles. The molecule has 3 atom stereocenters. The highest BCUT2D eigenvalue weighted by Crippen LogP contribution is 2.41. The van der Waals surface area contributed by atoms with Gasteiger partial charge in [-0.1, -0.05) is 11.6 Å². The third-order valence-electron chi connectivity index (χ3n) is 4.28. The zero-order chi connectivity index (χ0) is 13.6. The summed E-state index contributed by atoms with van der Waals surface area (Å²) in [6.07, 6.45) is 3.39. The summed E-state index contributed by atoms with van der Waals surface area (Å²) in [5.74, 6) is 1.47. The van der Waals surface area contributed by atoms with E-state index >= 15 is 0 Å². The zero-order valence-electron chi connectivity index (χ0n) is 10.5. The molecule has 0 spiro atoms. The number of amidine groups is 1. The van der Waals surface area contributed by atoms with Crippen LogP contribution < -0.4 is 10.6 Å². The van der Waals surface area contributed by atoms with Crippen LogP contribution in [-0.2, 0) is 0 Å². The Bertz CT molecular complexity index is 521. The Morgan fingerprint density at radius 1 is 1.47 bits per heavy atom. The maximum Gasteiger partial charge on any atom is 0.148 e. The Labute approximate surface area is 116 Å². The third-order valence-corrected chi connectivity index (χ3v) is 4.65. The molecule has 1 aliphatic carbocycles. The van der Waals surface area contributed by atoms with E-state index in [2.05, 4.69) is 9.88 Å². The number of aliphatic hydroxyl groups excluding tert-OH is 1. The van der Waals surface area contributed by atoms with Gasteiger partial charge in [-0.15, -0.1) is 0 Å². The number of nitrogens with one attached hydrogen (secondary N) is 1. The van der Waals surface area contributed by atoms with Crippen molar-refractivity contribution in [3.63, 3.8) is 0 Å². The number of nitrogens with zero attached hydrogens (tertiary/aromatic N) is 2. The van der Waals surface area contributed by atoms with Gasteiger partial charge in [-0.05, 0) is 24.8 Å². The van der Waals surface area contributed by atoms with Gasteiger partial charge >= 0.3 is 0 Å². The van der Waals surface area contributed by atoms with Crippen molar-refractivity contribution in [2.45, 2.75) is 18.9 Å². The molecule has 4 N–H and O–H groups in total. The molecule has 2 aliphatic rings. The van der Waals surface area contributed by atoms with E-state index in [0.29, 0.717) is 28.2 Å². The lowest BCUT2D eigenvalue weighted by Crippen LogP contribution is -2.26. The van der Waals surface area contributed by atoms with Gasteiger partial charge in [-0.25, -0.2) is 4.98 Å². The number of rotatable bonds is 2. The Morgan fingerprint density at radius 2 is 2.26 bits per heavy atom. The van der Waals surface area contributed by atoms with Crippen LogP contribution in [0.15, 0.2) is 12.3 Å². The monoisotopic (exact) mass is 280 g/mol. The van der Waals surface area contributed by atoms with Gasteiger partial charge in [0.25, 0.3) is 0 Å². The summed E-state index contributed by atoms with van der Waals surface area (Å²) in [5.41, 5.74) is 6.03. The van der Waals surface area contributed by atoms with Gasteiger partial charge in [0.1, 0.15) is 11.7 Å². The van der Waals surface area contributed by atoms with E-state index in [1.807, 2.05) is 0 Å². The molecule has 3 unspecified atom stereocenters. The number of nitrogens with two attached hydrogens (primary N) is 1. The van der Waals surface area contributed by atoms with Gasteiger partial charge in [-0.2, -0.15) is 0 Å². The topological polar surface area (TPSA) is 86.2 Å². The van der Waals surface area contributed by atoms with Gasteiger partial charge in [-0.3, -0.25) is 5.41 Å². The molecule has 0 amide bonds. The molecule has 0 radical (unpaired) electrons. The Balaban J connectivity index is 1.88. The molecule has 3 rings (SSSR count). The molecular formula is C13H17ClN4O. The lowest BCUT2D eigenvalue weighted by Gasteiger charge is -2.21. The molecule has 1 saturated heterocycles. The molecule has 102 valence electrons. The predicted molar refractivity (Wildman–Crippen MR) is 74.7 cm³/mol. The van der Waals surface area contributed by atoms with Crippen molar-refractivity contribution in [1.82, 2.24) is 4.98 Å². The number of pyridine rings is 1. The van der Waals surface area contributed by atoms with Gasteiger partial charge < -0.3 is 15.7 Å². The van der Waals surface area contributed by atoms with Crippen molar-refractivity contribution in [3.05, 3.63) is 22.8 Å². The van der Waals surface area contributed by atoms with Crippen LogP contribution >= 0.6 is 11.6 Å². The summed E-state index contributed by atoms with van der Waals surface area (Å²) in [5, 5.41) is 17.9. The molecule has 0 aromatic carbocycles. The van der Waals surface area contributed by atoms with Crippen LogP contribution in [0.5, 0.6) is 0 Å². The average molecular weight is 281 g/mol. The third kappa shape index (κ3) is 2.07. The van der Waals surface area contributed by atoms with Crippen LogP contribution in [0.1, 0.15) is 18.4 Å². The maximum absolute atomic E-state index is 9.94. The predicted octanol–water partition coefficient (Wildman–Crippen LogP) is 1.23. The first-order chi connectivity index (χ1) is 9.08. The molecule has 6 heteroatoms. The number of nitrogen functional groups attached to an aromatic ring is 1. The van der Waals surface area contributed by atoms with Crippen LogP contribution in [0.4, 0.5) is 5.82 Å². The number of fused-ring (bicyclic) bond motifs is 1. The van der Waals surface area contributed by atoms with Crippen LogP contribution in [0, 0.1) is 17.2 Å². The van der Waals surface area contributed by atoms with Gasteiger partial charge in [0.05, 0.1) is 11.1 Å². The molecular weight excluding hydrogens is 264 g/mol. The molecule has 2 heterocycles. The highest BCUT2D eigenvalue weighted by atomic mass is 35.5. The van der Waals surface area contributed by atoms with E-state index in [1.54, 1.807) is 12.3 Å². The molecule has 2 fully saturated rings.